The Bertz CT molecular complexity index is 1720. The summed E-state index contributed by atoms with van der Waals surface area (Å²) >= 11 is 0. The highest BCUT2D eigenvalue weighted by Gasteiger charge is 2.49. The standard InChI is InChI=1S/C44H48F6O10/c1-3-37(51)57-29-11-7-5-9-27-55-33-19-13-31(14-20-33)17-25-39(53)59-35-23-24-36(42(44(48,49)50)41(35)43(45,46)47)60-40(54)26-18-32-15-21-34(22-16-32)56-28-10-6-8-12-30-58-38(52)4-2/h3-4,13-16,19-24H,1-2,5-12,17-18,25-30H2. The normalized spacial score (nSPS) is 11.3. The number of rotatable bonds is 26. The van der Waals surface area contributed by atoms with Crippen LogP contribution in [0.25, 0.3) is 0 Å². The first-order chi connectivity index (χ1) is 28.6. The van der Waals surface area contributed by atoms with Crippen molar-refractivity contribution in [3.8, 4) is 23.0 Å². The molecule has 0 saturated carbocycles. The molecule has 60 heavy (non-hydrogen) atoms. The number of unbranched alkanes of at least 4 members (excludes halogenated alkanes) is 6. The van der Waals surface area contributed by atoms with Crippen LogP contribution in [0.5, 0.6) is 23.0 Å². The van der Waals surface area contributed by atoms with Gasteiger partial charge in [-0.2, -0.15) is 26.3 Å². The Morgan fingerprint density at radius 3 is 1.13 bits per heavy atom. The number of carbonyl (C=O) groups excluding carboxylic acids is 4. The Kier molecular flexibility index (Phi) is 20.2. The van der Waals surface area contributed by atoms with Crippen molar-refractivity contribution in [1.82, 2.24) is 0 Å². The minimum absolute atomic E-state index is 0.00762. The van der Waals surface area contributed by atoms with Crippen molar-refractivity contribution in [2.24, 2.45) is 0 Å². The van der Waals surface area contributed by atoms with Crippen LogP contribution in [0.3, 0.4) is 0 Å². The van der Waals surface area contributed by atoms with Gasteiger partial charge in [-0.25, -0.2) is 9.59 Å². The van der Waals surface area contributed by atoms with Crippen LogP contribution in [0, 0.1) is 0 Å². The highest BCUT2D eigenvalue weighted by atomic mass is 19.4. The van der Waals surface area contributed by atoms with E-state index in [0.717, 1.165) is 50.7 Å². The number of esters is 4. The topological polar surface area (TPSA) is 124 Å². The summed E-state index contributed by atoms with van der Waals surface area (Å²) in [6, 6.07) is 14.1. The van der Waals surface area contributed by atoms with Gasteiger partial charge in [-0.3, -0.25) is 9.59 Å². The molecule has 0 spiro atoms. The van der Waals surface area contributed by atoms with Gasteiger partial charge >= 0.3 is 36.2 Å². The van der Waals surface area contributed by atoms with Crippen molar-refractivity contribution >= 4 is 23.9 Å². The van der Waals surface area contributed by atoms with Gasteiger partial charge in [0, 0.05) is 25.0 Å². The molecule has 0 heterocycles. The van der Waals surface area contributed by atoms with Gasteiger partial charge in [-0.1, -0.05) is 37.4 Å². The number of alkyl halides is 6. The van der Waals surface area contributed by atoms with Crippen molar-refractivity contribution in [3.63, 3.8) is 0 Å². The molecule has 0 aromatic heterocycles. The van der Waals surface area contributed by atoms with Gasteiger partial charge in [-0.05, 0) is 112 Å². The fourth-order valence-corrected chi connectivity index (χ4v) is 5.60. The van der Waals surface area contributed by atoms with Crippen molar-refractivity contribution < 1.29 is 73.9 Å². The molecule has 16 heteroatoms. The molecule has 0 aliphatic heterocycles. The summed E-state index contributed by atoms with van der Waals surface area (Å²) in [4.78, 5) is 47.3. The lowest BCUT2D eigenvalue weighted by atomic mass is 10.0. The molecule has 0 fully saturated rings. The second-order valence-corrected chi connectivity index (χ2v) is 13.3. The molecule has 326 valence electrons. The second kappa shape index (κ2) is 25.0. The van der Waals surface area contributed by atoms with Gasteiger partial charge in [0.25, 0.3) is 0 Å². The summed E-state index contributed by atoms with van der Waals surface area (Å²) in [6.07, 6.45) is -3.73. The van der Waals surface area contributed by atoms with E-state index in [1.54, 1.807) is 48.5 Å². The maximum Gasteiger partial charge on any atom is 0.420 e. The molecule has 0 atom stereocenters. The van der Waals surface area contributed by atoms with E-state index >= 15 is 0 Å². The number of benzene rings is 3. The molecule has 0 unspecified atom stereocenters. The van der Waals surface area contributed by atoms with Crippen molar-refractivity contribution in [2.45, 2.75) is 89.4 Å². The van der Waals surface area contributed by atoms with E-state index < -0.39 is 71.7 Å². The SMILES string of the molecule is C=CC(=O)OCCCCCCOc1ccc(CCC(=O)Oc2ccc(OC(=O)CCc3ccc(OCCCCCCOC(=O)C=C)cc3)c(C(F)(F)F)c2C(F)(F)F)cc1. The summed E-state index contributed by atoms with van der Waals surface area (Å²) < 4.78 is 116. The first kappa shape index (κ1) is 48.6. The van der Waals surface area contributed by atoms with E-state index in [-0.39, 0.29) is 12.8 Å². The average molecular weight is 851 g/mol. The molecular weight excluding hydrogens is 802 g/mol. The van der Waals surface area contributed by atoms with Crippen molar-refractivity contribution in [2.75, 3.05) is 26.4 Å². The maximum atomic E-state index is 14.2. The zero-order valence-corrected chi connectivity index (χ0v) is 33.0. The number of hydrogen-bond acceptors (Lipinski definition) is 10. The molecule has 0 N–H and O–H groups in total. The minimum atomic E-state index is -5.65. The third-order valence-corrected chi connectivity index (χ3v) is 8.66. The first-order valence-corrected chi connectivity index (χ1v) is 19.3. The number of hydrogen-bond donors (Lipinski definition) is 0. The van der Waals surface area contributed by atoms with E-state index in [2.05, 4.69) is 13.2 Å². The summed E-state index contributed by atoms with van der Waals surface area (Å²) in [5.41, 5.74) is -3.40. The number of aryl methyl sites for hydroxylation is 2. The summed E-state index contributed by atoms with van der Waals surface area (Å²) in [5, 5.41) is 0. The Hall–Kier alpha value is -5.80. The van der Waals surface area contributed by atoms with Crippen LogP contribution in [-0.4, -0.2) is 50.3 Å². The molecule has 3 rings (SSSR count). The predicted molar refractivity (Wildman–Crippen MR) is 207 cm³/mol. The highest BCUT2D eigenvalue weighted by molar-refractivity contribution is 5.81. The maximum absolute atomic E-state index is 14.2. The fraction of sp³-hybridized carbons (Fsp3) is 0.409. The molecular formula is C44H48F6O10. The van der Waals surface area contributed by atoms with Gasteiger partial charge in [0.15, 0.2) is 0 Å². The van der Waals surface area contributed by atoms with Crippen LogP contribution in [0.15, 0.2) is 86.0 Å². The van der Waals surface area contributed by atoms with Crippen LogP contribution < -0.4 is 18.9 Å². The molecule has 0 amide bonds. The fourth-order valence-electron chi connectivity index (χ4n) is 5.60. The second-order valence-electron chi connectivity index (χ2n) is 13.3. The average Bonchev–Trinajstić information content (AvgIpc) is 3.21. The Morgan fingerprint density at radius 1 is 0.483 bits per heavy atom. The molecule has 3 aromatic carbocycles. The highest BCUT2D eigenvalue weighted by Crippen LogP contribution is 2.49. The third-order valence-electron chi connectivity index (χ3n) is 8.66. The lowest BCUT2D eigenvalue weighted by Gasteiger charge is -2.21. The van der Waals surface area contributed by atoms with E-state index in [0.29, 0.717) is 74.0 Å². The molecule has 0 bridgehead atoms. The van der Waals surface area contributed by atoms with Gasteiger partial charge in [0.1, 0.15) is 34.1 Å². The third kappa shape index (κ3) is 18.0. The lowest BCUT2D eigenvalue weighted by molar-refractivity contribution is -0.165. The van der Waals surface area contributed by atoms with E-state index in [9.17, 15) is 45.5 Å². The van der Waals surface area contributed by atoms with Crippen LogP contribution in [0.2, 0.25) is 0 Å². The summed E-state index contributed by atoms with van der Waals surface area (Å²) in [7, 11) is 0. The molecule has 10 nitrogen and oxygen atoms in total. The van der Waals surface area contributed by atoms with E-state index in [1.807, 2.05) is 0 Å². The summed E-state index contributed by atoms with van der Waals surface area (Å²) in [6.45, 7) is 8.11. The Labute approximate surface area is 344 Å². The van der Waals surface area contributed by atoms with Crippen molar-refractivity contribution in [3.05, 3.63) is 108 Å². The molecule has 0 aliphatic carbocycles. The van der Waals surface area contributed by atoms with Crippen LogP contribution in [-0.2, 0) is 53.8 Å². The molecule has 0 aliphatic rings. The largest absolute Gasteiger partial charge is 0.494 e. The Morgan fingerprint density at radius 2 is 0.817 bits per heavy atom. The van der Waals surface area contributed by atoms with Gasteiger partial charge < -0.3 is 28.4 Å². The zero-order chi connectivity index (χ0) is 44.0. The van der Waals surface area contributed by atoms with E-state index in [4.69, 9.17) is 28.4 Å². The predicted octanol–water partition coefficient (Wildman–Crippen LogP) is 10.1. The molecule has 0 saturated heterocycles. The summed E-state index contributed by atoms with van der Waals surface area (Å²) in [5.74, 6) is -5.04. The van der Waals surface area contributed by atoms with Crippen molar-refractivity contribution in [1.29, 1.82) is 0 Å². The first-order valence-electron chi connectivity index (χ1n) is 19.3. The van der Waals surface area contributed by atoms with Crippen LogP contribution in [0.4, 0.5) is 26.3 Å². The Balaban J connectivity index is 1.50. The smallest absolute Gasteiger partial charge is 0.420 e. The monoisotopic (exact) mass is 850 g/mol. The van der Waals surface area contributed by atoms with Crippen LogP contribution in [0.1, 0.15) is 86.5 Å². The van der Waals surface area contributed by atoms with E-state index in [1.165, 1.54) is 0 Å². The quantitative estimate of drug-likeness (QED) is 0.0254. The number of halogens is 6. The molecule has 0 radical (unpaired) electrons. The zero-order valence-electron chi connectivity index (χ0n) is 33.0. The van der Waals surface area contributed by atoms with Gasteiger partial charge in [0.05, 0.1) is 26.4 Å². The lowest BCUT2D eigenvalue weighted by Crippen LogP contribution is -2.22. The molecule has 3 aromatic rings. The minimum Gasteiger partial charge on any atom is -0.494 e. The van der Waals surface area contributed by atoms with Gasteiger partial charge in [-0.15, -0.1) is 0 Å². The van der Waals surface area contributed by atoms with Gasteiger partial charge in [0.2, 0.25) is 0 Å². The number of carbonyl (C=O) groups is 4. The van der Waals surface area contributed by atoms with Crippen LogP contribution >= 0.6 is 0 Å². The number of ether oxygens (including phenoxy) is 6.